The SMILES string of the molecule is COc1ccc(OCC2=Cc3ccccc3S2(=O)=O)cc1. The minimum Gasteiger partial charge on any atom is -0.497 e. The van der Waals surface area contributed by atoms with Gasteiger partial charge in [0.15, 0.2) is 0 Å². The highest BCUT2D eigenvalue weighted by Gasteiger charge is 2.29. The molecule has 3 rings (SSSR count). The number of benzene rings is 2. The molecule has 0 saturated carbocycles. The number of rotatable bonds is 4. The lowest BCUT2D eigenvalue weighted by Crippen LogP contribution is -2.08. The summed E-state index contributed by atoms with van der Waals surface area (Å²) in [6.07, 6.45) is 1.66. The number of sulfone groups is 1. The highest BCUT2D eigenvalue weighted by atomic mass is 32.2. The van der Waals surface area contributed by atoms with Gasteiger partial charge in [0.05, 0.1) is 16.9 Å². The van der Waals surface area contributed by atoms with Crippen molar-refractivity contribution in [1.82, 2.24) is 0 Å². The zero-order valence-corrected chi connectivity index (χ0v) is 12.3. The molecule has 0 amide bonds. The Bertz CT molecular complexity index is 789. The van der Waals surface area contributed by atoms with E-state index in [2.05, 4.69) is 0 Å². The summed E-state index contributed by atoms with van der Waals surface area (Å²) in [6.45, 7) is 0.0172. The first kappa shape index (κ1) is 13.7. The first-order valence-corrected chi connectivity index (χ1v) is 7.91. The molecule has 21 heavy (non-hydrogen) atoms. The van der Waals surface area contributed by atoms with E-state index in [1.54, 1.807) is 55.7 Å². The fourth-order valence-corrected chi connectivity index (χ4v) is 3.66. The summed E-state index contributed by atoms with van der Waals surface area (Å²) in [4.78, 5) is 0.623. The average molecular weight is 302 g/mol. The van der Waals surface area contributed by atoms with Crippen LogP contribution in [0.5, 0.6) is 11.5 Å². The Morgan fingerprint density at radius 1 is 0.952 bits per heavy atom. The predicted octanol–water partition coefficient (Wildman–Crippen LogP) is 2.90. The third-order valence-electron chi connectivity index (χ3n) is 3.31. The van der Waals surface area contributed by atoms with Gasteiger partial charge in [0.2, 0.25) is 9.84 Å². The number of methoxy groups -OCH3 is 1. The van der Waals surface area contributed by atoms with Crippen molar-refractivity contribution >= 4 is 15.9 Å². The van der Waals surface area contributed by atoms with E-state index >= 15 is 0 Å². The van der Waals surface area contributed by atoms with Gasteiger partial charge >= 0.3 is 0 Å². The van der Waals surface area contributed by atoms with Crippen LogP contribution in [0.4, 0.5) is 0 Å². The summed E-state index contributed by atoms with van der Waals surface area (Å²) >= 11 is 0. The van der Waals surface area contributed by atoms with Gasteiger partial charge in [-0.3, -0.25) is 0 Å². The zero-order valence-electron chi connectivity index (χ0n) is 11.4. The molecule has 1 aliphatic heterocycles. The van der Waals surface area contributed by atoms with Gasteiger partial charge in [-0.25, -0.2) is 8.42 Å². The quantitative estimate of drug-likeness (QED) is 0.871. The Kier molecular flexibility index (Phi) is 3.43. The number of ether oxygens (including phenoxy) is 2. The topological polar surface area (TPSA) is 52.6 Å². The molecule has 0 radical (unpaired) electrons. The molecule has 1 aliphatic rings. The van der Waals surface area contributed by atoms with Gasteiger partial charge in [-0.05, 0) is 42.0 Å². The summed E-state index contributed by atoms with van der Waals surface area (Å²) in [5, 5.41) is 0. The van der Waals surface area contributed by atoms with Crippen molar-refractivity contribution in [3.8, 4) is 11.5 Å². The number of hydrogen-bond donors (Lipinski definition) is 0. The maximum atomic E-state index is 12.3. The van der Waals surface area contributed by atoms with Crippen LogP contribution in [0.2, 0.25) is 0 Å². The molecule has 1 heterocycles. The molecule has 0 unspecified atom stereocenters. The molecule has 0 atom stereocenters. The van der Waals surface area contributed by atoms with Gasteiger partial charge in [0.25, 0.3) is 0 Å². The molecule has 0 bridgehead atoms. The van der Waals surface area contributed by atoms with Crippen LogP contribution >= 0.6 is 0 Å². The van der Waals surface area contributed by atoms with Crippen molar-refractivity contribution in [2.75, 3.05) is 13.7 Å². The van der Waals surface area contributed by atoms with E-state index < -0.39 is 9.84 Å². The minimum absolute atomic E-state index is 0.0172. The Morgan fingerprint density at radius 3 is 2.29 bits per heavy atom. The molecule has 0 fully saturated rings. The summed E-state index contributed by atoms with van der Waals surface area (Å²) < 4.78 is 35.3. The Balaban J connectivity index is 1.77. The molecule has 0 aromatic heterocycles. The van der Waals surface area contributed by atoms with Crippen LogP contribution in [-0.4, -0.2) is 22.1 Å². The summed E-state index contributed by atoms with van der Waals surface area (Å²) in [6, 6.07) is 14.0. The van der Waals surface area contributed by atoms with E-state index in [0.29, 0.717) is 16.2 Å². The van der Waals surface area contributed by atoms with Crippen molar-refractivity contribution in [2.45, 2.75) is 4.90 Å². The molecule has 4 nitrogen and oxygen atoms in total. The van der Waals surface area contributed by atoms with Crippen LogP contribution in [0.15, 0.2) is 58.3 Å². The molecule has 0 spiro atoms. The lowest BCUT2D eigenvalue weighted by atomic mass is 10.2. The van der Waals surface area contributed by atoms with Gasteiger partial charge in [-0.1, -0.05) is 18.2 Å². The van der Waals surface area contributed by atoms with Crippen molar-refractivity contribution < 1.29 is 17.9 Å². The maximum absolute atomic E-state index is 12.3. The van der Waals surface area contributed by atoms with Crippen molar-refractivity contribution in [1.29, 1.82) is 0 Å². The Hall–Kier alpha value is -2.27. The lowest BCUT2D eigenvalue weighted by Gasteiger charge is -2.08. The Labute approximate surface area is 123 Å². The van der Waals surface area contributed by atoms with Gasteiger partial charge in [-0.15, -0.1) is 0 Å². The second-order valence-electron chi connectivity index (χ2n) is 4.62. The van der Waals surface area contributed by atoms with Gasteiger partial charge in [0, 0.05) is 0 Å². The van der Waals surface area contributed by atoms with Gasteiger partial charge in [-0.2, -0.15) is 0 Å². The third-order valence-corrected chi connectivity index (χ3v) is 5.19. The van der Waals surface area contributed by atoms with Crippen LogP contribution in [0.1, 0.15) is 5.56 Å². The molecule has 0 N–H and O–H groups in total. The van der Waals surface area contributed by atoms with E-state index in [-0.39, 0.29) is 11.5 Å². The largest absolute Gasteiger partial charge is 0.497 e. The van der Waals surface area contributed by atoms with Crippen LogP contribution in [0.25, 0.3) is 6.08 Å². The molecule has 5 heteroatoms. The normalized spacial score (nSPS) is 15.2. The Morgan fingerprint density at radius 2 is 1.62 bits per heavy atom. The highest BCUT2D eigenvalue weighted by molar-refractivity contribution is 7.95. The lowest BCUT2D eigenvalue weighted by molar-refractivity contribution is 0.357. The highest BCUT2D eigenvalue weighted by Crippen LogP contribution is 2.32. The second kappa shape index (κ2) is 5.26. The smallest absolute Gasteiger partial charge is 0.206 e. The molecule has 0 saturated heterocycles. The van der Waals surface area contributed by atoms with Crippen LogP contribution < -0.4 is 9.47 Å². The standard InChI is InChI=1S/C16H14O4S/c1-19-13-6-8-14(9-7-13)20-11-15-10-12-4-2-3-5-16(12)21(15,17)18/h2-10H,11H2,1H3. The first-order valence-electron chi connectivity index (χ1n) is 6.43. The van der Waals surface area contributed by atoms with Gasteiger partial charge in [0.1, 0.15) is 18.1 Å². The molecule has 2 aromatic rings. The first-order chi connectivity index (χ1) is 10.1. The summed E-state index contributed by atoms with van der Waals surface area (Å²) in [5.41, 5.74) is 0.714. The second-order valence-corrected chi connectivity index (χ2v) is 6.59. The third kappa shape index (κ3) is 2.52. The molecular weight excluding hydrogens is 288 g/mol. The van der Waals surface area contributed by atoms with E-state index in [9.17, 15) is 8.42 Å². The van der Waals surface area contributed by atoms with E-state index in [1.807, 2.05) is 6.07 Å². The predicted molar refractivity (Wildman–Crippen MR) is 80.1 cm³/mol. The molecule has 0 aliphatic carbocycles. The molecule has 2 aromatic carbocycles. The van der Waals surface area contributed by atoms with Crippen LogP contribution in [-0.2, 0) is 9.84 Å². The summed E-state index contributed by atoms with van der Waals surface area (Å²) in [5.74, 6) is 1.32. The summed E-state index contributed by atoms with van der Waals surface area (Å²) in [7, 11) is -1.83. The van der Waals surface area contributed by atoms with E-state index in [1.165, 1.54) is 0 Å². The fourth-order valence-electron chi connectivity index (χ4n) is 2.18. The fraction of sp³-hybridized carbons (Fsp3) is 0.125. The number of fused-ring (bicyclic) bond motifs is 1. The van der Waals surface area contributed by atoms with Crippen molar-refractivity contribution in [3.05, 3.63) is 59.0 Å². The molecular formula is C16H14O4S. The molecule has 108 valence electrons. The van der Waals surface area contributed by atoms with Crippen LogP contribution in [0, 0.1) is 0 Å². The van der Waals surface area contributed by atoms with Crippen molar-refractivity contribution in [2.24, 2.45) is 0 Å². The maximum Gasteiger partial charge on any atom is 0.206 e. The van der Waals surface area contributed by atoms with E-state index in [0.717, 1.165) is 5.75 Å². The van der Waals surface area contributed by atoms with Gasteiger partial charge < -0.3 is 9.47 Å². The van der Waals surface area contributed by atoms with Crippen LogP contribution in [0.3, 0.4) is 0 Å². The number of hydrogen-bond acceptors (Lipinski definition) is 4. The average Bonchev–Trinajstić information content (AvgIpc) is 2.77. The van der Waals surface area contributed by atoms with Crippen molar-refractivity contribution in [3.63, 3.8) is 0 Å². The monoisotopic (exact) mass is 302 g/mol. The van der Waals surface area contributed by atoms with E-state index in [4.69, 9.17) is 9.47 Å². The zero-order chi connectivity index (χ0) is 14.9. The minimum atomic E-state index is -3.42.